The van der Waals surface area contributed by atoms with Crippen LogP contribution in [0.15, 0.2) is 48.5 Å². The number of rotatable bonds is 6. The molecule has 2 amide bonds. The van der Waals surface area contributed by atoms with Gasteiger partial charge in [0.1, 0.15) is 0 Å². The number of nitrogens with one attached hydrogen (secondary N) is 2. The zero-order valence-corrected chi connectivity index (χ0v) is 19.2. The Hall–Kier alpha value is -2.86. The summed E-state index contributed by atoms with van der Waals surface area (Å²) in [6, 6.07) is 15.5. The molecule has 6 heteroatoms. The van der Waals surface area contributed by atoms with Crippen LogP contribution in [0, 0.1) is 5.41 Å². The van der Waals surface area contributed by atoms with Crippen LogP contribution in [0.1, 0.15) is 44.0 Å². The van der Waals surface area contributed by atoms with E-state index in [0.717, 1.165) is 25.2 Å². The van der Waals surface area contributed by atoms with Gasteiger partial charge in [-0.25, -0.2) is 0 Å². The third kappa shape index (κ3) is 6.56. The second-order valence-corrected chi connectivity index (χ2v) is 9.72. The summed E-state index contributed by atoms with van der Waals surface area (Å²) in [5, 5.41) is 5.82. The van der Waals surface area contributed by atoms with Gasteiger partial charge in [-0.15, -0.1) is 0 Å². The first-order chi connectivity index (χ1) is 14.6. The molecule has 0 aliphatic carbocycles. The maximum absolute atomic E-state index is 12.6. The number of benzene rings is 2. The lowest BCUT2D eigenvalue weighted by Gasteiger charge is -2.22. The number of anilines is 3. The lowest BCUT2D eigenvalue weighted by molar-refractivity contribution is -0.117. The van der Waals surface area contributed by atoms with Crippen molar-refractivity contribution in [3.63, 3.8) is 0 Å². The van der Waals surface area contributed by atoms with E-state index >= 15 is 0 Å². The third-order valence-corrected chi connectivity index (χ3v) is 5.51. The fraction of sp³-hybridized carbons (Fsp3) is 0.440. The zero-order valence-electron chi connectivity index (χ0n) is 19.2. The number of nitrogens with zero attached hydrogens (tertiary/aromatic N) is 2. The molecule has 0 radical (unpaired) electrons. The molecule has 1 fully saturated rings. The summed E-state index contributed by atoms with van der Waals surface area (Å²) in [5.74, 6) is -0.200. The molecule has 2 aromatic carbocycles. The van der Waals surface area contributed by atoms with Crippen LogP contribution in [0.2, 0.25) is 0 Å². The van der Waals surface area contributed by atoms with E-state index in [1.54, 1.807) is 24.3 Å². The van der Waals surface area contributed by atoms with Crippen LogP contribution in [-0.4, -0.2) is 49.9 Å². The normalized spacial score (nSPS) is 16.5. The lowest BCUT2D eigenvalue weighted by atomic mass is 9.92. The van der Waals surface area contributed by atoms with Gasteiger partial charge in [-0.3, -0.25) is 9.59 Å². The highest BCUT2D eigenvalue weighted by Gasteiger charge is 2.24. The molecule has 1 aliphatic heterocycles. The topological polar surface area (TPSA) is 64.7 Å². The summed E-state index contributed by atoms with van der Waals surface area (Å²) in [7, 11) is 4.25. The number of likely N-dealkylation sites (N-methyl/N-ethyl adjacent to an activating group) is 1. The summed E-state index contributed by atoms with van der Waals surface area (Å²) in [6.45, 7) is 8.15. The van der Waals surface area contributed by atoms with Crippen LogP contribution in [0.4, 0.5) is 17.1 Å². The maximum atomic E-state index is 12.6. The van der Waals surface area contributed by atoms with E-state index in [1.807, 2.05) is 32.9 Å². The molecule has 3 rings (SSSR count). The Morgan fingerprint density at radius 3 is 2.10 bits per heavy atom. The minimum Gasteiger partial charge on any atom is -0.370 e. The van der Waals surface area contributed by atoms with E-state index in [1.165, 1.54) is 5.69 Å². The quantitative estimate of drug-likeness (QED) is 0.722. The first-order valence-corrected chi connectivity index (χ1v) is 10.8. The molecule has 0 bridgehead atoms. The lowest BCUT2D eigenvalue weighted by Crippen LogP contribution is -2.31. The predicted molar refractivity (Wildman–Crippen MR) is 128 cm³/mol. The van der Waals surface area contributed by atoms with Crippen molar-refractivity contribution in [3.05, 3.63) is 54.1 Å². The number of hydrogen-bond donors (Lipinski definition) is 2. The average molecular weight is 423 g/mol. The molecular formula is C25H34N4O2. The van der Waals surface area contributed by atoms with Crippen LogP contribution in [0.5, 0.6) is 0 Å². The Morgan fingerprint density at radius 2 is 1.55 bits per heavy atom. The van der Waals surface area contributed by atoms with Gasteiger partial charge in [-0.05, 0) is 74.5 Å². The van der Waals surface area contributed by atoms with Gasteiger partial charge in [-0.1, -0.05) is 20.8 Å². The number of amides is 2. The Labute approximate surface area is 185 Å². The number of hydrogen-bond acceptors (Lipinski definition) is 4. The molecule has 1 unspecified atom stereocenters. The maximum Gasteiger partial charge on any atom is 0.255 e. The van der Waals surface area contributed by atoms with Gasteiger partial charge in [0.2, 0.25) is 5.91 Å². The largest absolute Gasteiger partial charge is 0.370 e. The molecule has 1 aliphatic rings. The summed E-state index contributed by atoms with van der Waals surface area (Å²) in [5.41, 5.74) is 3.11. The highest BCUT2D eigenvalue weighted by Crippen LogP contribution is 2.24. The SMILES string of the molecule is CN(C)C1CCN(c2ccc(NC(=O)c3ccc(NC(=O)CC(C)(C)C)cc3)cc2)C1. The van der Waals surface area contributed by atoms with Gasteiger partial charge < -0.3 is 20.4 Å². The van der Waals surface area contributed by atoms with E-state index in [4.69, 9.17) is 0 Å². The number of carbonyl (C=O) groups excluding carboxylic acids is 2. The third-order valence-electron chi connectivity index (χ3n) is 5.51. The van der Waals surface area contributed by atoms with E-state index in [2.05, 4.69) is 46.7 Å². The number of carbonyl (C=O) groups is 2. The van der Waals surface area contributed by atoms with Crippen molar-refractivity contribution in [2.75, 3.05) is 42.7 Å². The molecule has 1 atom stereocenters. The van der Waals surface area contributed by atoms with Crippen molar-refractivity contribution in [1.82, 2.24) is 4.90 Å². The van der Waals surface area contributed by atoms with Crippen molar-refractivity contribution in [2.24, 2.45) is 5.41 Å². The average Bonchev–Trinajstić information content (AvgIpc) is 3.18. The minimum atomic E-state index is -0.172. The van der Waals surface area contributed by atoms with Crippen LogP contribution in [0.3, 0.4) is 0 Å². The van der Waals surface area contributed by atoms with Crippen LogP contribution in [0.25, 0.3) is 0 Å². The molecule has 6 nitrogen and oxygen atoms in total. The zero-order chi connectivity index (χ0) is 22.6. The standard InChI is InChI=1S/C25H34N4O2/c1-25(2,3)16-23(30)26-19-8-6-18(7-9-19)24(31)27-20-10-12-21(13-11-20)29-15-14-22(17-29)28(4)5/h6-13,22H,14-17H2,1-5H3,(H,26,30)(H,27,31). The smallest absolute Gasteiger partial charge is 0.255 e. The summed E-state index contributed by atoms with van der Waals surface area (Å²) < 4.78 is 0. The molecule has 1 saturated heterocycles. The van der Waals surface area contributed by atoms with Gasteiger partial charge >= 0.3 is 0 Å². The molecule has 0 spiro atoms. The van der Waals surface area contributed by atoms with E-state index in [0.29, 0.717) is 23.7 Å². The van der Waals surface area contributed by atoms with Crippen molar-refractivity contribution in [1.29, 1.82) is 0 Å². The van der Waals surface area contributed by atoms with Crippen molar-refractivity contribution < 1.29 is 9.59 Å². The van der Waals surface area contributed by atoms with Crippen molar-refractivity contribution in [2.45, 2.75) is 39.7 Å². The molecule has 0 saturated carbocycles. The molecule has 2 aromatic rings. The van der Waals surface area contributed by atoms with Crippen LogP contribution < -0.4 is 15.5 Å². The Kier molecular flexibility index (Phi) is 7.01. The Morgan fingerprint density at radius 1 is 0.968 bits per heavy atom. The molecule has 0 aromatic heterocycles. The highest BCUT2D eigenvalue weighted by molar-refractivity contribution is 6.04. The Balaban J connectivity index is 1.55. The first kappa shape index (κ1) is 22.8. The fourth-order valence-electron chi connectivity index (χ4n) is 3.75. The van der Waals surface area contributed by atoms with E-state index < -0.39 is 0 Å². The van der Waals surface area contributed by atoms with E-state index in [9.17, 15) is 9.59 Å². The summed E-state index contributed by atoms with van der Waals surface area (Å²) in [6.07, 6.45) is 1.61. The molecule has 166 valence electrons. The van der Waals surface area contributed by atoms with Gasteiger partial charge in [-0.2, -0.15) is 0 Å². The molecule has 1 heterocycles. The highest BCUT2D eigenvalue weighted by atomic mass is 16.2. The second-order valence-electron chi connectivity index (χ2n) is 9.72. The molecule has 31 heavy (non-hydrogen) atoms. The summed E-state index contributed by atoms with van der Waals surface area (Å²) >= 11 is 0. The van der Waals surface area contributed by atoms with Gasteiger partial charge in [0.25, 0.3) is 5.91 Å². The van der Waals surface area contributed by atoms with Crippen molar-refractivity contribution in [3.8, 4) is 0 Å². The second kappa shape index (κ2) is 9.52. The van der Waals surface area contributed by atoms with Gasteiger partial charge in [0, 0.05) is 48.2 Å². The summed E-state index contributed by atoms with van der Waals surface area (Å²) in [4.78, 5) is 29.3. The monoisotopic (exact) mass is 422 g/mol. The Bertz CT molecular complexity index is 899. The van der Waals surface area contributed by atoms with Crippen molar-refractivity contribution >= 4 is 28.9 Å². The van der Waals surface area contributed by atoms with Gasteiger partial charge in [0.15, 0.2) is 0 Å². The van der Waals surface area contributed by atoms with Crippen LogP contribution in [-0.2, 0) is 4.79 Å². The predicted octanol–water partition coefficient (Wildman–Crippen LogP) is 4.45. The van der Waals surface area contributed by atoms with E-state index in [-0.39, 0.29) is 17.2 Å². The van der Waals surface area contributed by atoms with Crippen LogP contribution >= 0.6 is 0 Å². The molecular weight excluding hydrogens is 388 g/mol. The van der Waals surface area contributed by atoms with Gasteiger partial charge in [0.05, 0.1) is 0 Å². The minimum absolute atomic E-state index is 0.0281. The molecule has 2 N–H and O–H groups in total. The first-order valence-electron chi connectivity index (χ1n) is 10.8. The fourth-order valence-corrected chi connectivity index (χ4v) is 3.75.